The van der Waals surface area contributed by atoms with Crippen LogP contribution >= 0.6 is 0 Å². The first-order valence-electron chi connectivity index (χ1n) is 6.52. The molecule has 3 rings (SSSR count). The molecule has 1 saturated carbocycles. The highest BCUT2D eigenvalue weighted by Crippen LogP contribution is 2.40. The van der Waals surface area contributed by atoms with E-state index in [1.165, 1.54) is 19.3 Å². The lowest BCUT2D eigenvalue weighted by atomic mass is 10.0. The lowest BCUT2D eigenvalue weighted by molar-refractivity contribution is 0.445. The van der Waals surface area contributed by atoms with Gasteiger partial charge >= 0.3 is 0 Å². The van der Waals surface area contributed by atoms with Gasteiger partial charge in [0, 0.05) is 13.1 Å². The Hall–Kier alpha value is -0.880. The largest absolute Gasteiger partial charge is 0.281 e. The zero-order valence-electron chi connectivity index (χ0n) is 10.8. The third kappa shape index (κ3) is 1.70. The van der Waals surface area contributed by atoms with E-state index in [-0.39, 0.29) is 0 Å². The monoisotopic (exact) mass is 269 g/mol. The minimum Gasteiger partial charge on any atom is -0.281 e. The third-order valence-corrected chi connectivity index (χ3v) is 6.45. The van der Waals surface area contributed by atoms with Gasteiger partial charge in [-0.25, -0.2) is 8.42 Å². The summed E-state index contributed by atoms with van der Waals surface area (Å²) in [5, 5.41) is 6.76. The molecule has 18 heavy (non-hydrogen) atoms. The number of aromatic amines is 1. The molecule has 2 aliphatic rings. The van der Waals surface area contributed by atoms with Crippen molar-refractivity contribution in [1.29, 1.82) is 0 Å². The summed E-state index contributed by atoms with van der Waals surface area (Å²) < 4.78 is 26.9. The number of sulfonamides is 1. The van der Waals surface area contributed by atoms with Crippen molar-refractivity contribution in [2.45, 2.75) is 38.0 Å². The Morgan fingerprint density at radius 3 is 2.33 bits per heavy atom. The van der Waals surface area contributed by atoms with Gasteiger partial charge in [0.25, 0.3) is 0 Å². The number of rotatable bonds is 2. The van der Waals surface area contributed by atoms with E-state index < -0.39 is 10.0 Å². The van der Waals surface area contributed by atoms with Crippen molar-refractivity contribution >= 4 is 10.0 Å². The summed E-state index contributed by atoms with van der Waals surface area (Å²) in [5.41, 5.74) is 1.22. The van der Waals surface area contributed by atoms with E-state index in [4.69, 9.17) is 0 Å². The molecule has 0 spiro atoms. The zero-order valence-corrected chi connectivity index (χ0v) is 11.6. The third-order valence-electron chi connectivity index (χ3n) is 4.35. The van der Waals surface area contributed by atoms with Crippen molar-refractivity contribution in [3.63, 3.8) is 0 Å². The van der Waals surface area contributed by atoms with Crippen molar-refractivity contribution in [3.05, 3.63) is 11.4 Å². The number of aryl methyl sites for hydroxylation is 2. The molecule has 1 aromatic rings. The molecule has 0 radical (unpaired) electrons. The van der Waals surface area contributed by atoms with Gasteiger partial charge in [-0.1, -0.05) is 6.42 Å². The van der Waals surface area contributed by atoms with E-state index in [2.05, 4.69) is 10.2 Å². The van der Waals surface area contributed by atoms with Crippen molar-refractivity contribution in [2.24, 2.45) is 11.8 Å². The summed E-state index contributed by atoms with van der Waals surface area (Å²) in [7, 11) is -3.36. The topological polar surface area (TPSA) is 66.1 Å². The minimum absolute atomic E-state index is 0.377. The fourth-order valence-corrected chi connectivity index (χ4v) is 5.32. The van der Waals surface area contributed by atoms with Crippen LogP contribution in [-0.2, 0) is 10.0 Å². The van der Waals surface area contributed by atoms with Crippen LogP contribution < -0.4 is 0 Å². The van der Waals surface area contributed by atoms with Crippen molar-refractivity contribution < 1.29 is 8.42 Å². The fourth-order valence-electron chi connectivity index (χ4n) is 3.44. The van der Waals surface area contributed by atoms with Gasteiger partial charge in [-0.2, -0.15) is 9.40 Å². The van der Waals surface area contributed by atoms with Crippen LogP contribution in [0.1, 0.15) is 30.7 Å². The maximum atomic E-state index is 12.6. The van der Waals surface area contributed by atoms with Crippen LogP contribution in [0, 0.1) is 25.7 Å². The van der Waals surface area contributed by atoms with Crippen LogP contribution in [0.5, 0.6) is 0 Å². The summed E-state index contributed by atoms with van der Waals surface area (Å²) in [6.07, 6.45) is 3.62. The summed E-state index contributed by atoms with van der Waals surface area (Å²) >= 11 is 0. The maximum Gasteiger partial charge on any atom is 0.246 e. The molecule has 2 heterocycles. The molecule has 100 valence electrons. The average molecular weight is 269 g/mol. The standard InChI is InChI=1S/C12H19N3O2S/c1-8-12(9(2)14-13-8)18(16,17)15-6-10-4-3-5-11(10)7-15/h10-11H,3-7H2,1-2H3,(H,13,14). The van der Waals surface area contributed by atoms with Crippen molar-refractivity contribution in [1.82, 2.24) is 14.5 Å². The van der Waals surface area contributed by atoms with E-state index >= 15 is 0 Å². The van der Waals surface area contributed by atoms with Crippen molar-refractivity contribution in [2.75, 3.05) is 13.1 Å². The molecule has 1 saturated heterocycles. The van der Waals surface area contributed by atoms with E-state index in [1.807, 2.05) is 0 Å². The molecular formula is C12H19N3O2S. The zero-order chi connectivity index (χ0) is 12.9. The van der Waals surface area contributed by atoms with E-state index in [1.54, 1.807) is 18.2 Å². The van der Waals surface area contributed by atoms with E-state index in [0.717, 1.165) is 0 Å². The Kier molecular flexibility index (Phi) is 2.75. The lowest BCUT2D eigenvalue weighted by Gasteiger charge is -2.17. The highest BCUT2D eigenvalue weighted by atomic mass is 32.2. The van der Waals surface area contributed by atoms with Gasteiger partial charge in [0.1, 0.15) is 4.90 Å². The predicted octanol–water partition coefficient (Wildman–Crippen LogP) is 1.45. The van der Waals surface area contributed by atoms with Crippen molar-refractivity contribution in [3.8, 4) is 0 Å². The predicted molar refractivity (Wildman–Crippen MR) is 67.7 cm³/mol. The summed E-state index contributed by atoms with van der Waals surface area (Å²) in [4.78, 5) is 0.377. The Morgan fingerprint density at radius 1 is 1.22 bits per heavy atom. The van der Waals surface area contributed by atoms with Gasteiger partial charge in [-0.3, -0.25) is 5.10 Å². The Balaban J connectivity index is 1.92. The van der Waals surface area contributed by atoms with Crippen LogP contribution in [0.15, 0.2) is 4.90 Å². The van der Waals surface area contributed by atoms with Crippen LogP contribution in [0.2, 0.25) is 0 Å². The highest BCUT2D eigenvalue weighted by Gasteiger charge is 2.42. The Bertz CT molecular complexity index is 532. The van der Waals surface area contributed by atoms with Crippen LogP contribution in [0.4, 0.5) is 0 Å². The first-order chi connectivity index (χ1) is 8.50. The molecule has 1 aromatic heterocycles. The second-order valence-electron chi connectivity index (χ2n) is 5.54. The van der Waals surface area contributed by atoms with Crippen LogP contribution in [0.3, 0.4) is 0 Å². The number of aromatic nitrogens is 2. The lowest BCUT2D eigenvalue weighted by Crippen LogP contribution is -2.30. The maximum absolute atomic E-state index is 12.6. The minimum atomic E-state index is -3.36. The summed E-state index contributed by atoms with van der Waals surface area (Å²) in [5.74, 6) is 1.15. The number of hydrogen-bond acceptors (Lipinski definition) is 3. The molecule has 5 nitrogen and oxygen atoms in total. The molecule has 0 amide bonds. The molecule has 2 atom stereocenters. The average Bonchev–Trinajstić information content (AvgIpc) is 2.91. The SMILES string of the molecule is Cc1n[nH]c(C)c1S(=O)(=O)N1CC2CCCC2C1. The number of nitrogens with one attached hydrogen (secondary N) is 1. The Morgan fingerprint density at radius 2 is 1.83 bits per heavy atom. The highest BCUT2D eigenvalue weighted by molar-refractivity contribution is 7.89. The molecule has 1 aliphatic heterocycles. The smallest absolute Gasteiger partial charge is 0.246 e. The van der Waals surface area contributed by atoms with E-state index in [0.29, 0.717) is 41.2 Å². The van der Waals surface area contributed by atoms with Gasteiger partial charge in [-0.15, -0.1) is 0 Å². The second kappa shape index (κ2) is 4.06. The first kappa shape index (κ1) is 12.2. The van der Waals surface area contributed by atoms with Gasteiger partial charge in [0.15, 0.2) is 0 Å². The number of fused-ring (bicyclic) bond motifs is 1. The molecule has 0 aromatic carbocycles. The molecule has 1 N–H and O–H groups in total. The Labute approximate surface area is 108 Å². The summed E-state index contributed by atoms with van der Waals surface area (Å²) in [6.45, 7) is 4.89. The van der Waals surface area contributed by atoms with Crippen LogP contribution in [0.25, 0.3) is 0 Å². The molecule has 2 unspecified atom stereocenters. The number of nitrogens with zero attached hydrogens (tertiary/aromatic N) is 2. The number of hydrogen-bond donors (Lipinski definition) is 1. The molecular weight excluding hydrogens is 250 g/mol. The molecule has 0 bridgehead atoms. The second-order valence-corrected chi connectivity index (χ2v) is 7.41. The van der Waals surface area contributed by atoms with E-state index in [9.17, 15) is 8.42 Å². The fraction of sp³-hybridized carbons (Fsp3) is 0.750. The van der Waals surface area contributed by atoms with Crippen LogP contribution in [-0.4, -0.2) is 36.0 Å². The molecule has 2 fully saturated rings. The molecule has 1 aliphatic carbocycles. The van der Waals surface area contributed by atoms with Gasteiger partial charge in [-0.05, 0) is 38.5 Å². The summed E-state index contributed by atoms with van der Waals surface area (Å²) in [6, 6.07) is 0. The quantitative estimate of drug-likeness (QED) is 0.883. The van der Waals surface area contributed by atoms with Gasteiger partial charge < -0.3 is 0 Å². The van der Waals surface area contributed by atoms with Gasteiger partial charge in [0.2, 0.25) is 10.0 Å². The number of H-pyrrole nitrogens is 1. The first-order valence-corrected chi connectivity index (χ1v) is 7.96. The molecule has 6 heteroatoms. The van der Waals surface area contributed by atoms with Gasteiger partial charge in [0.05, 0.1) is 11.4 Å². The normalized spacial score (nSPS) is 28.8.